The van der Waals surface area contributed by atoms with Gasteiger partial charge in [-0.05, 0) is 17.7 Å². The van der Waals surface area contributed by atoms with E-state index >= 15 is 0 Å². The number of hydrogen-bond acceptors (Lipinski definition) is 5. The number of carbonyl (C=O) groups excluding carboxylic acids is 3. The van der Waals surface area contributed by atoms with Gasteiger partial charge in [-0.25, -0.2) is 4.79 Å². The Bertz CT molecular complexity index is 861. The first-order valence-electron chi connectivity index (χ1n) is 8.63. The minimum Gasteiger partial charge on any atom is -0.467 e. The molecule has 7 nitrogen and oxygen atoms in total. The van der Waals surface area contributed by atoms with Crippen LogP contribution in [0.1, 0.15) is 5.56 Å². The maximum Gasteiger partial charge on any atom is 0.328 e. The molecule has 2 rings (SSSR count). The van der Waals surface area contributed by atoms with Gasteiger partial charge in [0.05, 0.1) is 22.8 Å². The lowest BCUT2D eigenvalue weighted by Gasteiger charge is -2.16. The minimum atomic E-state index is -0.863. The second-order valence-corrected chi connectivity index (χ2v) is 6.76. The van der Waals surface area contributed by atoms with Gasteiger partial charge < -0.3 is 20.1 Å². The number of esters is 1. The summed E-state index contributed by atoms with van der Waals surface area (Å²) in [6, 6.07) is 13.1. The number of hydrogen-bond donors (Lipinski definition) is 2. The van der Waals surface area contributed by atoms with Crippen molar-refractivity contribution < 1.29 is 23.9 Å². The average molecular weight is 439 g/mol. The summed E-state index contributed by atoms with van der Waals surface area (Å²) in [5, 5.41) is 5.60. The molecule has 0 heterocycles. The van der Waals surface area contributed by atoms with Gasteiger partial charge in [-0.2, -0.15) is 0 Å². The second-order valence-electron chi connectivity index (χ2n) is 5.98. The van der Waals surface area contributed by atoms with Gasteiger partial charge in [0.1, 0.15) is 19.3 Å². The van der Waals surface area contributed by atoms with Crippen molar-refractivity contribution in [2.24, 2.45) is 0 Å². The van der Waals surface area contributed by atoms with Crippen LogP contribution in [0.5, 0.6) is 0 Å². The minimum absolute atomic E-state index is 0.210. The van der Waals surface area contributed by atoms with E-state index in [0.717, 1.165) is 5.56 Å². The lowest BCUT2D eigenvalue weighted by atomic mass is 10.1. The maximum atomic E-state index is 12.1. The molecular weight excluding hydrogens is 419 g/mol. The van der Waals surface area contributed by atoms with Gasteiger partial charge in [0.25, 0.3) is 0 Å². The predicted octanol–water partition coefficient (Wildman–Crippen LogP) is 2.85. The summed E-state index contributed by atoms with van der Waals surface area (Å²) < 4.78 is 9.85. The smallest absolute Gasteiger partial charge is 0.328 e. The van der Waals surface area contributed by atoms with Crippen molar-refractivity contribution in [3.63, 3.8) is 0 Å². The topological polar surface area (TPSA) is 93.7 Å². The number of ether oxygens (including phenoxy) is 2. The number of benzene rings is 2. The van der Waals surface area contributed by atoms with Crippen LogP contribution in [0, 0.1) is 0 Å². The van der Waals surface area contributed by atoms with Crippen molar-refractivity contribution >= 4 is 46.7 Å². The van der Waals surface area contributed by atoms with Crippen LogP contribution in [0.15, 0.2) is 48.5 Å². The number of amides is 2. The van der Waals surface area contributed by atoms with Crippen LogP contribution in [0.25, 0.3) is 0 Å². The molecule has 154 valence electrons. The zero-order valence-corrected chi connectivity index (χ0v) is 17.1. The van der Waals surface area contributed by atoms with E-state index in [-0.39, 0.29) is 18.1 Å². The van der Waals surface area contributed by atoms with E-state index in [4.69, 9.17) is 32.7 Å². The maximum absolute atomic E-state index is 12.1. The predicted molar refractivity (Wildman–Crippen MR) is 110 cm³/mol. The van der Waals surface area contributed by atoms with Crippen LogP contribution in [-0.4, -0.2) is 44.1 Å². The fraction of sp³-hybridized carbons (Fsp3) is 0.250. The number of nitrogens with one attached hydrogen (secondary N) is 2. The largest absolute Gasteiger partial charge is 0.467 e. The molecule has 0 saturated carbocycles. The monoisotopic (exact) mass is 438 g/mol. The molecule has 0 unspecified atom stereocenters. The quantitative estimate of drug-likeness (QED) is 0.587. The summed E-state index contributed by atoms with van der Waals surface area (Å²) in [6.45, 7) is -0.781. The Balaban J connectivity index is 1.81. The first-order chi connectivity index (χ1) is 13.9. The third-order valence-corrected chi connectivity index (χ3v) is 4.61. The first kappa shape index (κ1) is 22.7. The van der Waals surface area contributed by atoms with Crippen LogP contribution < -0.4 is 10.6 Å². The molecule has 2 N–H and O–H groups in total. The second kappa shape index (κ2) is 11.4. The summed E-state index contributed by atoms with van der Waals surface area (Å²) in [4.78, 5) is 36.0. The van der Waals surface area contributed by atoms with Crippen molar-refractivity contribution in [3.8, 4) is 0 Å². The van der Waals surface area contributed by atoms with E-state index < -0.39 is 30.4 Å². The van der Waals surface area contributed by atoms with E-state index in [2.05, 4.69) is 10.6 Å². The lowest BCUT2D eigenvalue weighted by molar-refractivity contribution is -0.145. The highest BCUT2D eigenvalue weighted by Gasteiger charge is 2.22. The SMILES string of the molecule is COC(=O)[C@H](Cc1ccccc1)NC(=O)COCC(=O)Nc1cccc(Cl)c1Cl. The molecule has 0 aliphatic carbocycles. The van der Waals surface area contributed by atoms with Crippen LogP contribution in [0.3, 0.4) is 0 Å². The highest BCUT2D eigenvalue weighted by atomic mass is 35.5. The Hall–Kier alpha value is -2.61. The van der Waals surface area contributed by atoms with Crippen molar-refractivity contribution in [2.45, 2.75) is 12.5 Å². The van der Waals surface area contributed by atoms with Crippen molar-refractivity contribution in [2.75, 3.05) is 25.6 Å². The first-order valence-corrected chi connectivity index (χ1v) is 9.39. The molecule has 0 fully saturated rings. The van der Waals surface area contributed by atoms with Gasteiger partial charge in [-0.3, -0.25) is 9.59 Å². The van der Waals surface area contributed by atoms with Crippen molar-refractivity contribution in [1.29, 1.82) is 0 Å². The number of methoxy groups -OCH3 is 1. The summed E-state index contributed by atoms with van der Waals surface area (Å²) in [5.41, 5.74) is 1.20. The molecule has 0 radical (unpaired) electrons. The molecule has 29 heavy (non-hydrogen) atoms. The Labute approximate surface area is 178 Å². The number of halogens is 2. The molecule has 0 bridgehead atoms. The van der Waals surface area contributed by atoms with Crippen LogP contribution in [-0.2, 0) is 30.3 Å². The average Bonchev–Trinajstić information content (AvgIpc) is 2.71. The summed E-state index contributed by atoms with van der Waals surface area (Å²) >= 11 is 11.9. The standard InChI is InChI=1S/C20H20Cl2N2O5/c1-28-20(27)16(10-13-6-3-2-4-7-13)24-18(26)12-29-11-17(25)23-15-9-5-8-14(21)19(15)22/h2-9,16H,10-12H2,1H3,(H,23,25)(H,24,26)/t16-/m0/s1. The molecular formula is C20H20Cl2N2O5. The fourth-order valence-electron chi connectivity index (χ4n) is 2.44. The Morgan fingerprint density at radius 1 is 0.966 bits per heavy atom. The van der Waals surface area contributed by atoms with E-state index in [1.54, 1.807) is 18.2 Å². The van der Waals surface area contributed by atoms with E-state index in [1.165, 1.54) is 7.11 Å². The van der Waals surface area contributed by atoms with Crippen LogP contribution >= 0.6 is 23.2 Å². The third-order valence-electron chi connectivity index (χ3n) is 3.80. The van der Waals surface area contributed by atoms with Gasteiger partial charge in [0, 0.05) is 6.42 Å². The van der Waals surface area contributed by atoms with Gasteiger partial charge in [0.15, 0.2) is 0 Å². The Morgan fingerprint density at radius 3 is 2.34 bits per heavy atom. The number of carbonyl (C=O) groups is 3. The lowest BCUT2D eigenvalue weighted by Crippen LogP contribution is -2.44. The molecule has 2 aromatic rings. The van der Waals surface area contributed by atoms with Gasteiger partial charge in [0.2, 0.25) is 11.8 Å². The summed E-state index contributed by atoms with van der Waals surface area (Å²) in [7, 11) is 1.24. The van der Waals surface area contributed by atoms with E-state index in [9.17, 15) is 14.4 Å². The highest BCUT2D eigenvalue weighted by molar-refractivity contribution is 6.44. The van der Waals surface area contributed by atoms with E-state index in [1.807, 2.05) is 30.3 Å². The molecule has 2 amide bonds. The molecule has 1 atom stereocenters. The molecule has 0 spiro atoms. The van der Waals surface area contributed by atoms with E-state index in [0.29, 0.717) is 10.7 Å². The van der Waals surface area contributed by atoms with Crippen molar-refractivity contribution in [3.05, 3.63) is 64.1 Å². The Morgan fingerprint density at radius 2 is 1.66 bits per heavy atom. The molecule has 2 aromatic carbocycles. The molecule has 0 saturated heterocycles. The van der Waals surface area contributed by atoms with Crippen LogP contribution in [0.4, 0.5) is 5.69 Å². The molecule has 9 heteroatoms. The molecule has 0 aliphatic heterocycles. The summed E-state index contributed by atoms with van der Waals surface area (Å²) in [5.74, 6) is -1.63. The van der Waals surface area contributed by atoms with Gasteiger partial charge in [-0.1, -0.05) is 59.6 Å². The third kappa shape index (κ3) is 7.38. The number of rotatable bonds is 9. The molecule has 0 aliphatic rings. The normalized spacial score (nSPS) is 11.4. The van der Waals surface area contributed by atoms with Gasteiger partial charge >= 0.3 is 5.97 Å². The zero-order chi connectivity index (χ0) is 21.2. The van der Waals surface area contributed by atoms with Crippen LogP contribution in [0.2, 0.25) is 10.0 Å². The number of anilines is 1. The highest BCUT2D eigenvalue weighted by Crippen LogP contribution is 2.29. The summed E-state index contributed by atoms with van der Waals surface area (Å²) in [6.07, 6.45) is 0.271. The Kier molecular flexibility index (Phi) is 8.92. The van der Waals surface area contributed by atoms with Crippen molar-refractivity contribution in [1.82, 2.24) is 5.32 Å². The van der Waals surface area contributed by atoms with Gasteiger partial charge in [-0.15, -0.1) is 0 Å². The molecule has 0 aromatic heterocycles. The fourth-order valence-corrected chi connectivity index (χ4v) is 2.79. The zero-order valence-electron chi connectivity index (χ0n) is 15.6.